The normalized spacial score (nSPS) is 28.2. The lowest BCUT2D eigenvalue weighted by Crippen LogP contribution is -2.50. The molecule has 4 nitrogen and oxygen atoms in total. The third-order valence-electron chi connectivity index (χ3n) is 5.24. The maximum absolute atomic E-state index is 11.4. The van der Waals surface area contributed by atoms with Crippen LogP contribution >= 0.6 is 0 Å². The molecule has 0 bridgehead atoms. The molecule has 0 saturated heterocycles. The summed E-state index contributed by atoms with van der Waals surface area (Å²) in [7, 11) is 0. The topological polar surface area (TPSA) is 69.6 Å². The van der Waals surface area contributed by atoms with E-state index < -0.39 is 5.97 Å². The van der Waals surface area contributed by atoms with E-state index in [4.69, 9.17) is 0 Å². The van der Waals surface area contributed by atoms with Crippen molar-refractivity contribution in [1.82, 2.24) is 5.32 Å². The third-order valence-corrected chi connectivity index (χ3v) is 5.24. The predicted molar refractivity (Wildman–Crippen MR) is 82.0 cm³/mol. The molecule has 3 unspecified atom stereocenters. The molecule has 21 heavy (non-hydrogen) atoms. The standard InChI is InChI=1S/C17H25NO3/c1-11-15(9-8-14(16(20)21)17(11,2)3)18-10-12-4-6-13(19)7-5-12/h4-7,11,14-15,18-19H,8-10H2,1-3H3,(H,20,21). The van der Waals surface area contributed by atoms with Gasteiger partial charge in [-0.25, -0.2) is 0 Å². The fourth-order valence-electron chi connectivity index (χ4n) is 3.39. The van der Waals surface area contributed by atoms with Gasteiger partial charge in [-0.3, -0.25) is 4.79 Å². The Hall–Kier alpha value is -1.55. The Morgan fingerprint density at radius 1 is 1.29 bits per heavy atom. The summed E-state index contributed by atoms with van der Waals surface area (Å²) in [6, 6.07) is 7.50. The van der Waals surface area contributed by atoms with Crippen LogP contribution in [0.25, 0.3) is 0 Å². The first kappa shape index (κ1) is 15.8. The Morgan fingerprint density at radius 2 is 1.90 bits per heavy atom. The number of hydrogen-bond donors (Lipinski definition) is 3. The van der Waals surface area contributed by atoms with Crippen LogP contribution < -0.4 is 5.32 Å². The first-order valence-corrected chi connectivity index (χ1v) is 7.56. The maximum Gasteiger partial charge on any atom is 0.307 e. The first-order chi connectivity index (χ1) is 9.82. The van der Waals surface area contributed by atoms with Crippen molar-refractivity contribution in [3.8, 4) is 5.75 Å². The molecule has 0 spiro atoms. The Bertz CT molecular complexity index is 495. The maximum atomic E-state index is 11.4. The van der Waals surface area contributed by atoms with Gasteiger partial charge in [0.05, 0.1) is 5.92 Å². The van der Waals surface area contributed by atoms with Gasteiger partial charge >= 0.3 is 5.97 Å². The zero-order valence-electron chi connectivity index (χ0n) is 13.0. The number of nitrogens with one attached hydrogen (secondary N) is 1. The van der Waals surface area contributed by atoms with E-state index in [1.54, 1.807) is 12.1 Å². The summed E-state index contributed by atoms with van der Waals surface area (Å²) in [5, 5.41) is 22.2. The summed E-state index contributed by atoms with van der Waals surface area (Å²) < 4.78 is 0. The highest BCUT2D eigenvalue weighted by Gasteiger charge is 2.45. The summed E-state index contributed by atoms with van der Waals surface area (Å²) in [5.41, 5.74) is 0.912. The van der Waals surface area contributed by atoms with Crippen LogP contribution in [0, 0.1) is 17.3 Å². The van der Waals surface area contributed by atoms with E-state index in [0.29, 0.717) is 12.0 Å². The molecule has 1 aromatic carbocycles. The molecule has 1 aromatic rings. The number of aromatic hydroxyl groups is 1. The van der Waals surface area contributed by atoms with Crippen molar-refractivity contribution in [2.45, 2.75) is 46.2 Å². The summed E-state index contributed by atoms with van der Waals surface area (Å²) in [6.07, 6.45) is 1.61. The van der Waals surface area contributed by atoms with Crippen molar-refractivity contribution in [3.63, 3.8) is 0 Å². The van der Waals surface area contributed by atoms with Crippen LogP contribution in [0.1, 0.15) is 39.2 Å². The number of hydrogen-bond acceptors (Lipinski definition) is 3. The zero-order valence-corrected chi connectivity index (χ0v) is 13.0. The number of carbonyl (C=O) groups is 1. The van der Waals surface area contributed by atoms with Gasteiger partial charge in [0.2, 0.25) is 0 Å². The third kappa shape index (κ3) is 3.38. The molecule has 0 aromatic heterocycles. The van der Waals surface area contributed by atoms with E-state index in [9.17, 15) is 15.0 Å². The van der Waals surface area contributed by atoms with Crippen LogP contribution in [-0.2, 0) is 11.3 Å². The molecule has 0 amide bonds. The Kier molecular flexibility index (Phi) is 4.57. The van der Waals surface area contributed by atoms with E-state index >= 15 is 0 Å². The van der Waals surface area contributed by atoms with Crippen LogP contribution in [0.3, 0.4) is 0 Å². The Balaban J connectivity index is 1.99. The monoisotopic (exact) mass is 291 g/mol. The van der Waals surface area contributed by atoms with E-state index in [1.165, 1.54) is 0 Å². The lowest BCUT2D eigenvalue weighted by molar-refractivity contribution is -0.150. The van der Waals surface area contributed by atoms with Crippen LogP contribution in [0.15, 0.2) is 24.3 Å². The molecule has 3 atom stereocenters. The summed E-state index contributed by atoms with van der Waals surface area (Å²) in [6.45, 7) is 7.00. The second kappa shape index (κ2) is 6.06. The molecular weight excluding hydrogens is 266 g/mol. The lowest BCUT2D eigenvalue weighted by atomic mass is 9.61. The van der Waals surface area contributed by atoms with Gasteiger partial charge < -0.3 is 15.5 Å². The average Bonchev–Trinajstić information content (AvgIpc) is 2.42. The van der Waals surface area contributed by atoms with Gasteiger partial charge in [0.25, 0.3) is 0 Å². The number of phenols is 1. The molecule has 0 radical (unpaired) electrons. The van der Waals surface area contributed by atoms with Crippen LogP contribution in [0.4, 0.5) is 0 Å². The van der Waals surface area contributed by atoms with Gasteiger partial charge in [0, 0.05) is 12.6 Å². The molecule has 2 rings (SSSR count). The smallest absolute Gasteiger partial charge is 0.307 e. The summed E-state index contributed by atoms with van der Waals surface area (Å²) in [5.74, 6) is -0.372. The largest absolute Gasteiger partial charge is 0.508 e. The van der Waals surface area contributed by atoms with Crippen LogP contribution in [-0.4, -0.2) is 22.2 Å². The molecule has 1 saturated carbocycles. The van der Waals surface area contributed by atoms with Crippen LogP contribution in [0.5, 0.6) is 5.75 Å². The van der Waals surface area contributed by atoms with E-state index in [-0.39, 0.29) is 17.1 Å². The molecule has 4 heteroatoms. The first-order valence-electron chi connectivity index (χ1n) is 7.56. The average molecular weight is 291 g/mol. The fourth-order valence-corrected chi connectivity index (χ4v) is 3.39. The van der Waals surface area contributed by atoms with Crippen molar-refractivity contribution < 1.29 is 15.0 Å². The molecule has 116 valence electrons. The zero-order chi connectivity index (χ0) is 15.6. The Labute approximate surface area is 126 Å². The van der Waals surface area contributed by atoms with Crippen molar-refractivity contribution >= 4 is 5.97 Å². The highest BCUT2D eigenvalue weighted by Crippen LogP contribution is 2.45. The number of phenolic OH excluding ortho intramolecular Hbond substituents is 1. The highest BCUT2D eigenvalue weighted by molar-refractivity contribution is 5.71. The van der Waals surface area contributed by atoms with Gasteiger partial charge in [-0.2, -0.15) is 0 Å². The summed E-state index contributed by atoms with van der Waals surface area (Å²) in [4.78, 5) is 11.4. The highest BCUT2D eigenvalue weighted by atomic mass is 16.4. The minimum absolute atomic E-state index is 0.212. The van der Waals surface area contributed by atoms with Gasteiger partial charge in [-0.1, -0.05) is 32.9 Å². The molecule has 1 aliphatic carbocycles. The van der Waals surface area contributed by atoms with Gasteiger partial charge in [-0.15, -0.1) is 0 Å². The van der Waals surface area contributed by atoms with Gasteiger partial charge in [0.1, 0.15) is 5.75 Å². The van der Waals surface area contributed by atoms with E-state index in [2.05, 4.69) is 26.1 Å². The molecule has 1 fully saturated rings. The van der Waals surface area contributed by atoms with E-state index in [0.717, 1.165) is 24.9 Å². The Morgan fingerprint density at radius 3 is 2.48 bits per heavy atom. The number of carboxylic acids is 1. The number of benzene rings is 1. The minimum atomic E-state index is -0.677. The minimum Gasteiger partial charge on any atom is -0.508 e. The molecule has 1 aliphatic rings. The number of rotatable bonds is 4. The SMILES string of the molecule is CC1C(NCc2ccc(O)cc2)CCC(C(=O)O)C1(C)C. The number of carboxylic acid groups (broad SMARTS) is 1. The van der Waals surface area contributed by atoms with Gasteiger partial charge in [0.15, 0.2) is 0 Å². The molecule has 0 heterocycles. The van der Waals surface area contributed by atoms with Crippen molar-refractivity contribution in [2.24, 2.45) is 17.3 Å². The van der Waals surface area contributed by atoms with Crippen molar-refractivity contribution in [2.75, 3.05) is 0 Å². The number of aliphatic carboxylic acids is 1. The van der Waals surface area contributed by atoms with Crippen molar-refractivity contribution in [3.05, 3.63) is 29.8 Å². The van der Waals surface area contributed by atoms with Crippen molar-refractivity contribution in [1.29, 1.82) is 0 Å². The van der Waals surface area contributed by atoms with E-state index in [1.807, 2.05) is 12.1 Å². The lowest BCUT2D eigenvalue weighted by Gasteiger charge is -2.46. The second-order valence-electron chi connectivity index (χ2n) is 6.73. The fraction of sp³-hybridized carbons (Fsp3) is 0.588. The molecular formula is C17H25NO3. The van der Waals surface area contributed by atoms with Gasteiger partial charge in [-0.05, 0) is 41.9 Å². The molecule has 3 N–H and O–H groups in total. The second-order valence-corrected chi connectivity index (χ2v) is 6.73. The predicted octanol–water partition coefficient (Wildman–Crippen LogP) is 3.01. The van der Waals surface area contributed by atoms with Crippen LogP contribution in [0.2, 0.25) is 0 Å². The quantitative estimate of drug-likeness (QED) is 0.797. The molecule has 0 aliphatic heterocycles. The summed E-state index contributed by atoms with van der Waals surface area (Å²) >= 11 is 0.